The van der Waals surface area contributed by atoms with Crippen molar-refractivity contribution in [3.05, 3.63) is 0 Å². The number of nitrogens with one attached hydrogen (secondary N) is 1. The Kier molecular flexibility index (Phi) is 7.90. The fourth-order valence-electron chi connectivity index (χ4n) is 3.87. The molecule has 2 heterocycles. The van der Waals surface area contributed by atoms with Crippen LogP contribution < -0.4 is 11.3 Å². The minimum absolute atomic E-state index is 0.182. The molecule has 0 bridgehead atoms. The number of aliphatic carboxylic acids is 1. The van der Waals surface area contributed by atoms with E-state index in [1.54, 1.807) is 6.92 Å². The Hall–Kier alpha value is -0.690. The lowest BCUT2D eigenvalue weighted by atomic mass is 9.75. The predicted molar refractivity (Wildman–Crippen MR) is 112 cm³/mol. The highest BCUT2D eigenvalue weighted by Crippen LogP contribution is 2.35. The van der Waals surface area contributed by atoms with Crippen LogP contribution >= 0.6 is 0 Å². The zero-order chi connectivity index (χ0) is 21.1. The molecular formula is C21H44N4O2. The molecule has 1 atom stereocenters. The largest absolute Gasteiger partial charge is 0.480 e. The van der Waals surface area contributed by atoms with Crippen molar-refractivity contribution in [1.29, 1.82) is 0 Å². The highest BCUT2D eigenvalue weighted by molar-refractivity contribution is 5.79. The Labute approximate surface area is 166 Å². The summed E-state index contributed by atoms with van der Waals surface area (Å²) in [6.45, 7) is 18.4. The van der Waals surface area contributed by atoms with Gasteiger partial charge in [-0.05, 0) is 72.1 Å². The Morgan fingerprint density at radius 3 is 1.70 bits per heavy atom. The monoisotopic (exact) mass is 384 g/mol. The van der Waals surface area contributed by atoms with E-state index in [-0.39, 0.29) is 16.5 Å². The zero-order valence-corrected chi connectivity index (χ0v) is 19.0. The summed E-state index contributed by atoms with van der Waals surface area (Å²) in [4.78, 5) is 11.5. The topological polar surface area (TPSA) is 81.8 Å². The van der Waals surface area contributed by atoms with Crippen LogP contribution in [0, 0.1) is 5.41 Å². The van der Waals surface area contributed by atoms with Crippen molar-refractivity contribution in [2.75, 3.05) is 13.1 Å². The second-order valence-electron chi connectivity index (χ2n) is 10.7. The molecule has 0 radical (unpaired) electrons. The van der Waals surface area contributed by atoms with E-state index in [0.717, 1.165) is 25.9 Å². The Morgan fingerprint density at radius 2 is 1.37 bits per heavy atom. The molecule has 0 aromatic heterocycles. The first kappa shape index (κ1) is 24.3. The van der Waals surface area contributed by atoms with E-state index in [1.807, 2.05) is 25.8 Å². The summed E-state index contributed by atoms with van der Waals surface area (Å²) in [6, 6.07) is 0. The normalized spacial score (nSPS) is 25.8. The third-order valence-corrected chi connectivity index (χ3v) is 6.55. The second kappa shape index (κ2) is 8.76. The van der Waals surface area contributed by atoms with E-state index in [0.29, 0.717) is 0 Å². The second-order valence-corrected chi connectivity index (χ2v) is 10.7. The van der Waals surface area contributed by atoms with Crippen LogP contribution in [-0.4, -0.2) is 50.8 Å². The van der Waals surface area contributed by atoms with E-state index < -0.39 is 11.5 Å². The van der Waals surface area contributed by atoms with Crippen LogP contribution in [0.2, 0.25) is 0 Å². The molecule has 2 rings (SSSR count). The van der Waals surface area contributed by atoms with Gasteiger partial charge in [0.05, 0.1) is 0 Å². The maximum absolute atomic E-state index is 11.5. The molecule has 0 spiro atoms. The fourth-order valence-corrected chi connectivity index (χ4v) is 3.87. The number of carbonyl (C=O) groups is 1. The van der Waals surface area contributed by atoms with Crippen LogP contribution in [0.5, 0.6) is 0 Å². The summed E-state index contributed by atoms with van der Waals surface area (Å²) in [6.07, 6.45) is 7.27. The van der Waals surface area contributed by atoms with Gasteiger partial charge in [-0.15, -0.1) is 0 Å². The van der Waals surface area contributed by atoms with Crippen molar-refractivity contribution >= 4 is 5.97 Å². The Balaban J connectivity index is 0.000000289. The van der Waals surface area contributed by atoms with E-state index in [4.69, 9.17) is 5.84 Å². The molecule has 27 heavy (non-hydrogen) atoms. The summed E-state index contributed by atoms with van der Waals surface area (Å²) in [5, 5.41) is 13.5. The third kappa shape index (κ3) is 6.14. The molecule has 1 unspecified atom stereocenters. The summed E-state index contributed by atoms with van der Waals surface area (Å²) in [7, 11) is 0. The number of hydrazine groups is 2. The van der Waals surface area contributed by atoms with Crippen LogP contribution in [0.15, 0.2) is 0 Å². The fraction of sp³-hybridized carbons (Fsp3) is 0.952. The highest BCUT2D eigenvalue weighted by Gasteiger charge is 2.45. The number of hydrogen-bond donors (Lipinski definition) is 3. The quantitative estimate of drug-likeness (QED) is 0.643. The van der Waals surface area contributed by atoms with Crippen molar-refractivity contribution in [3.63, 3.8) is 0 Å². The van der Waals surface area contributed by atoms with Crippen molar-refractivity contribution in [2.24, 2.45) is 11.3 Å². The van der Waals surface area contributed by atoms with Crippen LogP contribution in [-0.2, 0) is 4.79 Å². The van der Waals surface area contributed by atoms with Crippen molar-refractivity contribution < 1.29 is 9.90 Å². The van der Waals surface area contributed by atoms with Gasteiger partial charge in [-0.2, -0.15) is 0 Å². The number of nitrogens with two attached hydrogens (primary N) is 1. The van der Waals surface area contributed by atoms with Crippen molar-refractivity contribution in [1.82, 2.24) is 15.4 Å². The van der Waals surface area contributed by atoms with Crippen LogP contribution in [0.25, 0.3) is 0 Å². The summed E-state index contributed by atoms with van der Waals surface area (Å²) < 4.78 is 0. The molecule has 0 amide bonds. The number of hydrogen-bond acceptors (Lipinski definition) is 5. The minimum atomic E-state index is -0.912. The number of piperidine rings is 2. The van der Waals surface area contributed by atoms with E-state index in [2.05, 4.69) is 38.1 Å². The molecule has 6 nitrogen and oxygen atoms in total. The first-order chi connectivity index (χ1) is 12.1. The van der Waals surface area contributed by atoms with Gasteiger partial charge in [-0.3, -0.25) is 10.6 Å². The van der Waals surface area contributed by atoms with Gasteiger partial charge in [0, 0.05) is 24.2 Å². The maximum atomic E-state index is 11.5. The van der Waals surface area contributed by atoms with Crippen LogP contribution in [0.1, 0.15) is 93.9 Å². The van der Waals surface area contributed by atoms with Crippen molar-refractivity contribution in [2.45, 2.75) is 111 Å². The van der Waals surface area contributed by atoms with Gasteiger partial charge in [0.2, 0.25) is 0 Å². The molecule has 6 heteroatoms. The number of rotatable bonds is 3. The summed E-state index contributed by atoms with van der Waals surface area (Å²) >= 11 is 0. The molecule has 0 aromatic rings. The van der Waals surface area contributed by atoms with Gasteiger partial charge >= 0.3 is 5.97 Å². The number of carboxylic acid groups (broad SMARTS) is 1. The molecule has 4 N–H and O–H groups in total. The van der Waals surface area contributed by atoms with E-state index >= 15 is 0 Å². The van der Waals surface area contributed by atoms with E-state index in [9.17, 15) is 9.90 Å². The van der Waals surface area contributed by atoms with Crippen molar-refractivity contribution in [3.8, 4) is 0 Å². The highest BCUT2D eigenvalue weighted by atomic mass is 16.4. The predicted octanol–water partition coefficient (Wildman–Crippen LogP) is 3.77. The van der Waals surface area contributed by atoms with E-state index in [1.165, 1.54) is 25.7 Å². The average molecular weight is 385 g/mol. The third-order valence-electron chi connectivity index (χ3n) is 6.55. The molecule has 0 saturated carbocycles. The minimum Gasteiger partial charge on any atom is -0.480 e. The van der Waals surface area contributed by atoms with Crippen LogP contribution in [0.3, 0.4) is 0 Å². The lowest BCUT2D eigenvalue weighted by Crippen LogP contribution is -2.64. The van der Waals surface area contributed by atoms with Gasteiger partial charge in [-0.25, -0.2) is 15.4 Å². The summed E-state index contributed by atoms with van der Waals surface area (Å²) in [5.74, 6) is 5.24. The molecule has 2 saturated heterocycles. The number of nitrogens with zero attached hydrogens (tertiary/aromatic N) is 2. The molecule has 2 aliphatic heterocycles. The van der Waals surface area contributed by atoms with Gasteiger partial charge < -0.3 is 5.11 Å². The SMILES string of the molecule is CC(C)(C)C(C)(NN1CCCCC1)C(=O)O.CC1(C)CCCC(C)(C)N1N. The first-order valence-corrected chi connectivity index (χ1v) is 10.4. The molecule has 2 fully saturated rings. The van der Waals surface area contributed by atoms with Gasteiger partial charge in [-0.1, -0.05) is 27.2 Å². The molecule has 0 aliphatic carbocycles. The molecule has 0 aromatic carbocycles. The van der Waals surface area contributed by atoms with Gasteiger partial charge in [0.25, 0.3) is 0 Å². The summed E-state index contributed by atoms with van der Waals surface area (Å²) in [5.41, 5.74) is 2.33. The van der Waals surface area contributed by atoms with Gasteiger partial charge in [0.1, 0.15) is 5.54 Å². The lowest BCUT2D eigenvalue weighted by molar-refractivity contribution is -0.153. The molecule has 160 valence electrons. The molecular weight excluding hydrogens is 340 g/mol. The Bertz CT molecular complexity index is 477. The average Bonchev–Trinajstić information content (AvgIpc) is 2.53. The Morgan fingerprint density at radius 1 is 0.926 bits per heavy atom. The standard InChI is InChI=1S/C12H24N2O2.C9H20N2/c1-11(2,3)12(4,10(15)16)13-14-8-6-5-7-9-14;1-8(2)6-5-7-9(3,4)11(8)10/h13H,5-9H2,1-4H3,(H,15,16);5-7,10H2,1-4H3. The smallest absolute Gasteiger partial charge is 0.325 e. The first-order valence-electron chi connectivity index (χ1n) is 10.4. The number of carboxylic acids is 1. The lowest BCUT2D eigenvalue weighted by Gasteiger charge is -2.50. The molecule has 2 aliphatic rings. The van der Waals surface area contributed by atoms with Crippen LogP contribution in [0.4, 0.5) is 0 Å². The zero-order valence-electron chi connectivity index (χ0n) is 19.0. The maximum Gasteiger partial charge on any atom is 0.325 e. The van der Waals surface area contributed by atoms with Gasteiger partial charge in [0.15, 0.2) is 0 Å².